The summed E-state index contributed by atoms with van der Waals surface area (Å²) in [4.78, 5) is 41.5. The highest BCUT2D eigenvalue weighted by atomic mass is 32.1. The van der Waals surface area contributed by atoms with Crippen molar-refractivity contribution in [1.29, 1.82) is 0 Å². The fourth-order valence-electron chi connectivity index (χ4n) is 5.54. The molecule has 0 unspecified atom stereocenters. The van der Waals surface area contributed by atoms with Gasteiger partial charge in [0.15, 0.2) is 5.65 Å². The smallest absolute Gasteiger partial charge is 0.249 e. The number of fused-ring (bicyclic) bond motifs is 1. The summed E-state index contributed by atoms with van der Waals surface area (Å²) in [6.45, 7) is 9.62. The molecule has 5 heterocycles. The minimum Gasteiger partial charge on any atom is -0.383 e. The third-order valence-electron chi connectivity index (χ3n) is 7.92. The molecule has 1 aliphatic heterocycles. The van der Waals surface area contributed by atoms with E-state index in [9.17, 15) is 9.59 Å². The van der Waals surface area contributed by atoms with Crippen LogP contribution in [0.25, 0.3) is 27.5 Å². The molecule has 2 atom stereocenters. The van der Waals surface area contributed by atoms with Crippen LogP contribution >= 0.6 is 11.3 Å². The average Bonchev–Trinajstić information content (AvgIpc) is 3.64. The number of nitrogens with two attached hydrogens (primary N) is 1. The SMILES string of the molecule is CCN(CC)[C@@H](C)Cc1c(C(N)=O)cc(-c2cnn3ccc(-c4cccs4)nc23)nc1N1CC[C@H]1C(=O)NCCOC. The number of rotatable bonds is 13. The highest BCUT2D eigenvalue weighted by molar-refractivity contribution is 7.13. The van der Waals surface area contributed by atoms with Crippen LogP contribution in [0.5, 0.6) is 0 Å². The van der Waals surface area contributed by atoms with E-state index in [0.29, 0.717) is 60.8 Å². The molecule has 1 saturated heterocycles. The van der Waals surface area contributed by atoms with Crippen LogP contribution in [-0.4, -0.2) is 88.3 Å². The second-order valence-electron chi connectivity index (χ2n) is 10.4. The standard InChI is InChI=1S/C30H38N8O3S/c1-5-36(6-2)19(3)16-21-20(27(31)39)17-24(35-28(21)37-12-10-25(37)30(40)32-11-14-41-4)22-18-33-38-13-9-23(34-29(22)38)26-8-7-15-42-26/h7-9,13,15,17-19,25H,5-6,10-12,14,16H2,1-4H3,(H2,31,39)(H,32,40)/t19-,25-/m0/s1. The van der Waals surface area contributed by atoms with E-state index in [1.165, 1.54) is 0 Å². The monoisotopic (exact) mass is 590 g/mol. The molecule has 3 N–H and O–H groups in total. The normalized spacial score (nSPS) is 15.6. The first-order valence-corrected chi connectivity index (χ1v) is 15.2. The number of amides is 2. The third kappa shape index (κ3) is 5.87. The Kier molecular flexibility index (Phi) is 9.15. The van der Waals surface area contributed by atoms with E-state index >= 15 is 0 Å². The maximum absolute atomic E-state index is 13.1. The quantitative estimate of drug-likeness (QED) is 0.227. The summed E-state index contributed by atoms with van der Waals surface area (Å²) in [7, 11) is 1.60. The largest absolute Gasteiger partial charge is 0.383 e. The molecule has 2 amide bonds. The van der Waals surface area contributed by atoms with E-state index < -0.39 is 11.9 Å². The van der Waals surface area contributed by atoms with Gasteiger partial charge in [0.25, 0.3) is 0 Å². The molecule has 0 bridgehead atoms. The van der Waals surface area contributed by atoms with Gasteiger partial charge in [0.05, 0.1) is 34.6 Å². The van der Waals surface area contributed by atoms with Crippen LogP contribution in [0.3, 0.4) is 0 Å². The van der Waals surface area contributed by atoms with E-state index in [4.69, 9.17) is 20.4 Å². The molecule has 222 valence electrons. The Morgan fingerprint density at radius 2 is 2.05 bits per heavy atom. The van der Waals surface area contributed by atoms with Gasteiger partial charge in [-0.3, -0.25) is 9.59 Å². The van der Waals surface area contributed by atoms with Gasteiger partial charge in [0, 0.05) is 43.6 Å². The Labute approximate surface area is 249 Å². The van der Waals surface area contributed by atoms with Crippen molar-refractivity contribution >= 4 is 34.6 Å². The average molecular weight is 591 g/mol. The fourth-order valence-corrected chi connectivity index (χ4v) is 6.24. The number of pyridine rings is 1. The lowest BCUT2D eigenvalue weighted by atomic mass is 9.94. The second kappa shape index (κ2) is 13.0. The number of nitrogens with zero attached hydrogens (tertiary/aromatic N) is 6. The predicted octanol–water partition coefficient (Wildman–Crippen LogP) is 3.23. The Morgan fingerprint density at radius 1 is 1.24 bits per heavy atom. The van der Waals surface area contributed by atoms with Crippen LogP contribution in [0, 0.1) is 0 Å². The van der Waals surface area contributed by atoms with Gasteiger partial charge >= 0.3 is 0 Å². The van der Waals surface area contributed by atoms with Crippen LogP contribution in [-0.2, 0) is 16.0 Å². The number of hydrogen-bond acceptors (Lipinski definition) is 9. The lowest BCUT2D eigenvalue weighted by Crippen LogP contribution is -2.57. The van der Waals surface area contributed by atoms with Gasteiger partial charge in [-0.2, -0.15) is 5.10 Å². The van der Waals surface area contributed by atoms with Gasteiger partial charge in [-0.05, 0) is 56.4 Å². The molecule has 0 aliphatic carbocycles. The van der Waals surface area contributed by atoms with E-state index in [-0.39, 0.29) is 11.9 Å². The fraction of sp³-hybridized carbons (Fsp3) is 0.433. The van der Waals surface area contributed by atoms with Crippen LogP contribution in [0.15, 0.2) is 42.0 Å². The van der Waals surface area contributed by atoms with Gasteiger partial charge in [-0.15, -0.1) is 11.3 Å². The zero-order valence-electron chi connectivity index (χ0n) is 24.5. The zero-order valence-corrected chi connectivity index (χ0v) is 25.4. The maximum Gasteiger partial charge on any atom is 0.249 e. The summed E-state index contributed by atoms with van der Waals surface area (Å²) in [5.74, 6) is -0.0220. The van der Waals surface area contributed by atoms with Gasteiger partial charge < -0.3 is 25.6 Å². The third-order valence-corrected chi connectivity index (χ3v) is 8.81. The maximum atomic E-state index is 13.1. The number of primary amides is 1. The second-order valence-corrected chi connectivity index (χ2v) is 11.3. The molecular weight excluding hydrogens is 552 g/mol. The molecular formula is C30H38N8O3S. The number of methoxy groups -OCH3 is 1. The van der Waals surface area contributed by atoms with E-state index in [0.717, 1.165) is 29.2 Å². The van der Waals surface area contributed by atoms with Crippen LogP contribution in [0.4, 0.5) is 5.82 Å². The molecule has 4 aromatic heterocycles. The lowest BCUT2D eigenvalue weighted by molar-refractivity contribution is -0.123. The molecule has 11 nitrogen and oxygen atoms in total. The van der Waals surface area contributed by atoms with Crippen molar-refractivity contribution in [3.63, 3.8) is 0 Å². The van der Waals surface area contributed by atoms with Gasteiger partial charge in [0.1, 0.15) is 11.9 Å². The van der Waals surface area contributed by atoms with Crippen molar-refractivity contribution in [2.24, 2.45) is 5.73 Å². The van der Waals surface area contributed by atoms with Crippen molar-refractivity contribution in [3.05, 3.63) is 53.2 Å². The zero-order chi connectivity index (χ0) is 29.8. The van der Waals surface area contributed by atoms with Crippen molar-refractivity contribution in [1.82, 2.24) is 29.8 Å². The summed E-state index contributed by atoms with van der Waals surface area (Å²) in [5.41, 5.74) is 9.85. The number of ether oxygens (including phenoxy) is 1. The highest BCUT2D eigenvalue weighted by Crippen LogP contribution is 2.36. The summed E-state index contributed by atoms with van der Waals surface area (Å²) in [5, 5.41) is 9.47. The molecule has 0 spiro atoms. The lowest BCUT2D eigenvalue weighted by Gasteiger charge is -2.42. The molecule has 1 fully saturated rings. The molecule has 0 radical (unpaired) electrons. The van der Waals surface area contributed by atoms with Crippen molar-refractivity contribution in [3.8, 4) is 21.8 Å². The highest BCUT2D eigenvalue weighted by Gasteiger charge is 2.38. The van der Waals surface area contributed by atoms with E-state index in [2.05, 4.69) is 36.1 Å². The molecule has 1 aliphatic rings. The number of hydrogen-bond donors (Lipinski definition) is 2. The van der Waals surface area contributed by atoms with Crippen molar-refractivity contribution in [2.45, 2.75) is 45.7 Å². The van der Waals surface area contributed by atoms with E-state index in [1.807, 2.05) is 34.7 Å². The van der Waals surface area contributed by atoms with Crippen molar-refractivity contribution in [2.75, 3.05) is 44.8 Å². The minimum atomic E-state index is -0.535. The Morgan fingerprint density at radius 3 is 2.69 bits per heavy atom. The first-order chi connectivity index (χ1) is 20.4. The number of likely N-dealkylation sites (N-methyl/N-ethyl adjacent to an activating group) is 1. The van der Waals surface area contributed by atoms with E-state index in [1.54, 1.807) is 35.2 Å². The van der Waals surface area contributed by atoms with Crippen LogP contribution < -0.4 is 16.0 Å². The Hall–Kier alpha value is -3.87. The Balaban J connectivity index is 1.62. The summed E-state index contributed by atoms with van der Waals surface area (Å²) in [6.07, 6.45) is 4.82. The summed E-state index contributed by atoms with van der Waals surface area (Å²) < 4.78 is 6.80. The first-order valence-electron chi connectivity index (χ1n) is 14.4. The van der Waals surface area contributed by atoms with Crippen LogP contribution in [0.2, 0.25) is 0 Å². The first kappa shape index (κ1) is 29.6. The molecule has 42 heavy (non-hydrogen) atoms. The molecule has 0 saturated carbocycles. The molecule has 12 heteroatoms. The topological polar surface area (TPSA) is 131 Å². The Bertz CT molecular complexity index is 1550. The van der Waals surface area contributed by atoms with Gasteiger partial charge in [-0.1, -0.05) is 19.9 Å². The number of thiophene rings is 1. The van der Waals surface area contributed by atoms with Gasteiger partial charge in [-0.25, -0.2) is 14.5 Å². The summed E-state index contributed by atoms with van der Waals surface area (Å²) in [6, 6.07) is 7.41. The number of aromatic nitrogens is 4. The number of nitrogens with one attached hydrogen (secondary N) is 1. The molecule has 0 aromatic carbocycles. The van der Waals surface area contributed by atoms with Crippen LogP contribution in [0.1, 0.15) is 43.1 Å². The number of anilines is 1. The minimum absolute atomic E-state index is 0.0906. The number of carbonyl (C=O) groups excluding carboxylic acids is 2. The van der Waals surface area contributed by atoms with Crippen molar-refractivity contribution < 1.29 is 14.3 Å². The van der Waals surface area contributed by atoms with Gasteiger partial charge in [0.2, 0.25) is 11.8 Å². The molecule has 4 aromatic rings. The predicted molar refractivity (Wildman–Crippen MR) is 165 cm³/mol. The summed E-state index contributed by atoms with van der Waals surface area (Å²) >= 11 is 1.61. The molecule has 5 rings (SSSR count). The number of carbonyl (C=O) groups is 2.